The van der Waals surface area contributed by atoms with Gasteiger partial charge in [0, 0.05) is 58.8 Å². The van der Waals surface area contributed by atoms with E-state index in [1.165, 1.54) is 74.3 Å². The smallest absolute Gasteiger partial charge is 0.135 e. The Kier molecular flexibility index (Phi) is 6.82. The molecule has 4 heteroatoms. The molecule has 9 aromatic rings. The number of benzene rings is 7. The molecule has 246 valence electrons. The maximum Gasteiger partial charge on any atom is 0.135 e. The summed E-state index contributed by atoms with van der Waals surface area (Å²) < 4.78 is 8.74. The van der Waals surface area contributed by atoms with Gasteiger partial charge in [0.05, 0.1) is 0 Å². The molecule has 3 heterocycles. The van der Waals surface area contributed by atoms with Crippen molar-refractivity contribution in [3.63, 3.8) is 0 Å². The predicted molar refractivity (Wildman–Crippen MR) is 222 cm³/mol. The van der Waals surface area contributed by atoms with E-state index in [1.807, 2.05) is 35.2 Å². The molecule has 0 amide bonds. The Labute approximate surface area is 310 Å². The molecule has 0 fully saturated rings. The van der Waals surface area contributed by atoms with Gasteiger partial charge in [0.25, 0.3) is 0 Å². The van der Waals surface area contributed by atoms with Gasteiger partial charge in [-0.05, 0) is 106 Å². The minimum Gasteiger partial charge on any atom is -0.456 e. The van der Waals surface area contributed by atoms with Gasteiger partial charge in [0.15, 0.2) is 0 Å². The largest absolute Gasteiger partial charge is 0.456 e. The molecule has 7 aromatic carbocycles. The van der Waals surface area contributed by atoms with E-state index in [0.29, 0.717) is 5.92 Å². The van der Waals surface area contributed by atoms with Crippen LogP contribution in [0, 0.1) is 0 Å². The molecule has 0 spiro atoms. The number of nitrogens with zero attached hydrogens (tertiary/aromatic N) is 1. The lowest BCUT2D eigenvalue weighted by Crippen LogP contribution is -2.09. The van der Waals surface area contributed by atoms with Crippen LogP contribution in [0.1, 0.15) is 23.5 Å². The van der Waals surface area contributed by atoms with Gasteiger partial charge in [-0.2, -0.15) is 0 Å². The summed E-state index contributed by atoms with van der Waals surface area (Å²) in [6.07, 6.45) is 5.76. The van der Waals surface area contributed by atoms with Crippen LogP contribution in [0.2, 0.25) is 0 Å². The highest BCUT2D eigenvalue weighted by molar-refractivity contribution is 8.03. The minimum absolute atomic E-state index is 0.381. The first-order valence-corrected chi connectivity index (χ1v) is 19.4. The van der Waals surface area contributed by atoms with Crippen molar-refractivity contribution in [2.45, 2.75) is 17.2 Å². The Morgan fingerprint density at radius 1 is 0.538 bits per heavy atom. The summed E-state index contributed by atoms with van der Waals surface area (Å²) in [5.74, 6) is 0.381. The number of furan rings is 1. The Balaban J connectivity index is 0.933. The molecular weight excluding hydrogens is 671 g/mol. The quantitative estimate of drug-likeness (QED) is 0.178. The second-order valence-corrected chi connectivity index (χ2v) is 15.8. The summed E-state index contributed by atoms with van der Waals surface area (Å²) in [5, 5.41) is 5.03. The lowest BCUT2D eigenvalue weighted by Gasteiger charge is -2.25. The summed E-state index contributed by atoms with van der Waals surface area (Å²) in [5.41, 5.74) is 12.0. The van der Waals surface area contributed by atoms with Crippen LogP contribution in [0.5, 0.6) is 0 Å². The van der Waals surface area contributed by atoms with Gasteiger partial charge in [-0.15, -0.1) is 11.3 Å². The molecule has 11 rings (SSSR count). The molecule has 2 aliphatic rings. The van der Waals surface area contributed by atoms with E-state index in [-0.39, 0.29) is 0 Å². The fraction of sp³-hybridized carbons (Fsp3) is 0.0417. The lowest BCUT2D eigenvalue weighted by molar-refractivity contribution is 0.669. The predicted octanol–water partition coefficient (Wildman–Crippen LogP) is 14.7. The Morgan fingerprint density at radius 3 is 2.13 bits per heavy atom. The lowest BCUT2D eigenvalue weighted by atomic mass is 9.84. The molecule has 0 N–H and O–H groups in total. The highest BCUT2D eigenvalue weighted by Crippen LogP contribution is 2.55. The highest BCUT2D eigenvalue weighted by Gasteiger charge is 2.32. The van der Waals surface area contributed by atoms with Crippen molar-refractivity contribution in [2.75, 3.05) is 4.90 Å². The van der Waals surface area contributed by atoms with Crippen LogP contribution in [-0.4, -0.2) is 0 Å². The van der Waals surface area contributed by atoms with Gasteiger partial charge in [0.2, 0.25) is 0 Å². The number of hydrogen-bond acceptors (Lipinski definition) is 4. The summed E-state index contributed by atoms with van der Waals surface area (Å²) in [4.78, 5) is 5.16. The third-order valence-electron chi connectivity index (χ3n) is 10.7. The molecule has 1 aliphatic carbocycles. The Morgan fingerprint density at radius 2 is 1.29 bits per heavy atom. The van der Waals surface area contributed by atoms with Crippen LogP contribution in [0.25, 0.3) is 58.8 Å². The molecular formula is C48H31NOS2. The zero-order valence-electron chi connectivity index (χ0n) is 28.1. The molecule has 0 radical (unpaired) electrons. The van der Waals surface area contributed by atoms with Crippen molar-refractivity contribution in [3.05, 3.63) is 186 Å². The third-order valence-corrected chi connectivity index (χ3v) is 13.0. The van der Waals surface area contributed by atoms with Crippen LogP contribution < -0.4 is 4.90 Å². The van der Waals surface area contributed by atoms with Gasteiger partial charge in [0.1, 0.15) is 11.2 Å². The molecule has 52 heavy (non-hydrogen) atoms. The molecule has 1 aliphatic heterocycles. The fourth-order valence-electron chi connectivity index (χ4n) is 8.20. The van der Waals surface area contributed by atoms with Crippen molar-refractivity contribution < 1.29 is 4.42 Å². The molecule has 0 bridgehead atoms. The highest BCUT2D eigenvalue weighted by atomic mass is 32.2. The second kappa shape index (κ2) is 11.9. The zero-order valence-corrected chi connectivity index (χ0v) is 29.8. The normalized spacial score (nSPS) is 15.2. The number of thioether (sulfide) groups is 1. The van der Waals surface area contributed by atoms with Gasteiger partial charge in [-0.25, -0.2) is 0 Å². The van der Waals surface area contributed by atoms with Crippen LogP contribution in [0.15, 0.2) is 184 Å². The Hall–Kier alpha value is -5.81. The van der Waals surface area contributed by atoms with Crippen molar-refractivity contribution in [2.24, 2.45) is 0 Å². The topological polar surface area (TPSA) is 16.4 Å². The monoisotopic (exact) mass is 701 g/mol. The Bertz CT molecular complexity index is 2880. The van der Waals surface area contributed by atoms with E-state index >= 15 is 0 Å². The number of para-hydroxylation sites is 3. The van der Waals surface area contributed by atoms with E-state index in [2.05, 4.69) is 163 Å². The average molecular weight is 702 g/mol. The van der Waals surface area contributed by atoms with Crippen molar-refractivity contribution >= 4 is 87.8 Å². The standard InChI is InChI=1S/C48H31NOS2/c1-3-10-33(11-4-1)49(34-12-5-2-6-13-34)35-21-23-39-47(29-35)52-45-17-9-15-36(48(39)45)32-20-25-44-41(27-32)38-22-18-31(28-46(38)51-44)30-19-24-43-40(26-30)37-14-7-8-16-42(37)50-43/h1-26,28-29,41H,27H2. The van der Waals surface area contributed by atoms with E-state index in [9.17, 15) is 0 Å². The van der Waals surface area contributed by atoms with Gasteiger partial charge < -0.3 is 9.32 Å². The summed E-state index contributed by atoms with van der Waals surface area (Å²) in [6.45, 7) is 0. The molecule has 0 saturated heterocycles. The van der Waals surface area contributed by atoms with Crippen molar-refractivity contribution in [3.8, 4) is 11.1 Å². The molecule has 2 aromatic heterocycles. The maximum atomic E-state index is 6.10. The van der Waals surface area contributed by atoms with E-state index in [4.69, 9.17) is 4.42 Å². The van der Waals surface area contributed by atoms with E-state index in [0.717, 1.165) is 29.0 Å². The first-order chi connectivity index (χ1) is 25.7. The molecule has 1 atom stereocenters. The molecule has 0 saturated carbocycles. The number of allylic oxidation sites excluding steroid dienone is 4. The average Bonchev–Trinajstić information content (AvgIpc) is 3.89. The van der Waals surface area contributed by atoms with Gasteiger partial charge in [-0.1, -0.05) is 115 Å². The fourth-order valence-corrected chi connectivity index (χ4v) is 10.6. The van der Waals surface area contributed by atoms with Crippen LogP contribution in [-0.2, 0) is 0 Å². The number of hydrogen-bond donors (Lipinski definition) is 0. The first-order valence-electron chi connectivity index (χ1n) is 17.8. The second-order valence-electron chi connectivity index (χ2n) is 13.6. The van der Waals surface area contributed by atoms with E-state index < -0.39 is 0 Å². The van der Waals surface area contributed by atoms with Crippen LogP contribution >= 0.6 is 23.1 Å². The van der Waals surface area contributed by atoms with Crippen LogP contribution in [0.3, 0.4) is 0 Å². The summed E-state index contributed by atoms with van der Waals surface area (Å²) in [6, 6.07) is 57.1. The zero-order chi connectivity index (χ0) is 34.2. The molecule has 1 unspecified atom stereocenters. The first kappa shape index (κ1) is 29.9. The number of rotatable bonds is 5. The van der Waals surface area contributed by atoms with E-state index in [1.54, 1.807) is 0 Å². The minimum atomic E-state index is 0.381. The summed E-state index contributed by atoms with van der Waals surface area (Å²) in [7, 11) is 0. The number of thiophene rings is 1. The van der Waals surface area contributed by atoms with Crippen LogP contribution in [0.4, 0.5) is 17.1 Å². The van der Waals surface area contributed by atoms with Gasteiger partial charge in [-0.3, -0.25) is 0 Å². The van der Waals surface area contributed by atoms with Gasteiger partial charge >= 0.3 is 0 Å². The van der Waals surface area contributed by atoms with Crippen molar-refractivity contribution in [1.82, 2.24) is 0 Å². The third kappa shape index (κ3) is 4.79. The number of anilines is 3. The SMILES string of the molecule is C1=C(c2cccc3sc4cc(N(c5ccccc5)c5ccccc5)ccc4c23)CC2C(=C1)Sc1cc(-c3ccc4oc5ccccc5c4c3)ccc12. The maximum absolute atomic E-state index is 6.10. The number of fused-ring (bicyclic) bond motifs is 9. The molecule has 2 nitrogen and oxygen atoms in total. The summed E-state index contributed by atoms with van der Waals surface area (Å²) >= 11 is 3.83. The van der Waals surface area contributed by atoms with Crippen molar-refractivity contribution in [1.29, 1.82) is 0 Å².